The van der Waals surface area contributed by atoms with Crippen molar-refractivity contribution >= 4 is 23.5 Å². The highest BCUT2D eigenvalue weighted by atomic mass is 35.5. The molecule has 138 valence electrons. The molecule has 2 aromatic carbocycles. The molecular weight excluding hydrogens is 366 g/mol. The van der Waals surface area contributed by atoms with Crippen LogP contribution in [0.4, 0.5) is 4.79 Å². The second-order valence-electron chi connectivity index (χ2n) is 6.48. The minimum Gasteiger partial charge on any atom is -0.497 e. The van der Waals surface area contributed by atoms with Crippen LogP contribution in [0.25, 0.3) is 0 Å². The van der Waals surface area contributed by atoms with Crippen LogP contribution in [-0.2, 0) is 11.3 Å². The van der Waals surface area contributed by atoms with Crippen molar-refractivity contribution in [1.82, 2.24) is 15.5 Å². The molecule has 0 aliphatic carbocycles. The Morgan fingerprint density at radius 2 is 1.81 bits per heavy atom. The van der Waals surface area contributed by atoms with E-state index in [1.165, 1.54) is 0 Å². The summed E-state index contributed by atoms with van der Waals surface area (Å²) in [4.78, 5) is 26.8. The third-order valence-electron chi connectivity index (χ3n) is 4.76. The van der Waals surface area contributed by atoms with Crippen LogP contribution >= 0.6 is 11.6 Å². The Morgan fingerprint density at radius 1 is 1.11 bits per heavy atom. The normalized spacial score (nSPS) is 18.9. The Morgan fingerprint density at radius 3 is 2.48 bits per heavy atom. The van der Waals surface area contributed by atoms with Gasteiger partial charge in [0.1, 0.15) is 5.75 Å². The Bertz CT molecular complexity index is 922. The van der Waals surface area contributed by atoms with Gasteiger partial charge in [0.2, 0.25) is 0 Å². The summed E-state index contributed by atoms with van der Waals surface area (Å²) in [7, 11) is 1.61. The molecule has 2 aliphatic rings. The van der Waals surface area contributed by atoms with Gasteiger partial charge in [-0.2, -0.15) is 0 Å². The van der Waals surface area contributed by atoms with E-state index >= 15 is 0 Å². The average Bonchev–Trinajstić information content (AvgIpc) is 2.97. The molecule has 0 aromatic heterocycles. The molecule has 2 heterocycles. The van der Waals surface area contributed by atoms with Gasteiger partial charge in [0, 0.05) is 11.6 Å². The van der Waals surface area contributed by atoms with Crippen LogP contribution in [0.5, 0.6) is 5.75 Å². The Kier molecular flexibility index (Phi) is 4.49. The van der Waals surface area contributed by atoms with E-state index < -0.39 is 6.04 Å². The molecule has 4 rings (SSSR count). The number of nitrogens with one attached hydrogen (secondary N) is 2. The second kappa shape index (κ2) is 6.96. The largest absolute Gasteiger partial charge is 0.497 e. The number of nitrogens with zero attached hydrogens (tertiary/aromatic N) is 1. The molecule has 2 aromatic rings. The van der Waals surface area contributed by atoms with E-state index in [4.69, 9.17) is 16.3 Å². The quantitative estimate of drug-likeness (QED) is 0.852. The highest BCUT2D eigenvalue weighted by Crippen LogP contribution is 2.33. The Hall–Kier alpha value is -2.99. The number of hydrogen-bond acceptors (Lipinski definition) is 3. The first-order valence-corrected chi connectivity index (χ1v) is 8.91. The van der Waals surface area contributed by atoms with Crippen molar-refractivity contribution in [3.8, 4) is 5.75 Å². The van der Waals surface area contributed by atoms with Crippen LogP contribution in [0.1, 0.15) is 17.2 Å². The molecule has 0 saturated heterocycles. The van der Waals surface area contributed by atoms with Gasteiger partial charge in [-0.15, -0.1) is 0 Å². The lowest BCUT2D eigenvalue weighted by Gasteiger charge is -2.25. The van der Waals surface area contributed by atoms with Gasteiger partial charge in [0.05, 0.1) is 31.0 Å². The molecule has 0 saturated carbocycles. The summed E-state index contributed by atoms with van der Waals surface area (Å²) >= 11 is 5.96. The van der Waals surface area contributed by atoms with Crippen LogP contribution in [0, 0.1) is 0 Å². The summed E-state index contributed by atoms with van der Waals surface area (Å²) in [5, 5.41) is 6.22. The average molecular weight is 384 g/mol. The zero-order valence-corrected chi connectivity index (χ0v) is 15.4. The molecule has 0 bridgehead atoms. The predicted molar refractivity (Wildman–Crippen MR) is 101 cm³/mol. The maximum atomic E-state index is 13.1. The zero-order chi connectivity index (χ0) is 19.0. The van der Waals surface area contributed by atoms with Crippen molar-refractivity contribution < 1.29 is 14.3 Å². The number of carbonyl (C=O) groups excluding carboxylic acids is 2. The van der Waals surface area contributed by atoms with Gasteiger partial charge in [-0.05, 0) is 35.4 Å². The standard InChI is InChI=1S/C20H18ClN3O3/c1-27-15-8-2-12(3-9-15)10-24-11-16-17(19(24)25)18(23-20(26)22-16)13-4-6-14(21)7-5-13/h2-9,18H,10-11H2,1H3,(H2,22,23,26). The van der Waals surface area contributed by atoms with Gasteiger partial charge in [-0.3, -0.25) is 4.79 Å². The van der Waals surface area contributed by atoms with E-state index in [0.717, 1.165) is 16.9 Å². The molecular formula is C20H18ClN3O3. The van der Waals surface area contributed by atoms with Crippen molar-refractivity contribution in [1.29, 1.82) is 0 Å². The monoisotopic (exact) mass is 383 g/mol. The molecule has 1 unspecified atom stereocenters. The fourth-order valence-electron chi connectivity index (χ4n) is 3.41. The van der Waals surface area contributed by atoms with E-state index in [0.29, 0.717) is 29.4 Å². The molecule has 1 atom stereocenters. The Balaban J connectivity index is 1.58. The van der Waals surface area contributed by atoms with Gasteiger partial charge in [-0.25, -0.2) is 4.79 Å². The summed E-state index contributed by atoms with van der Waals surface area (Å²) < 4.78 is 5.17. The molecule has 7 heteroatoms. The molecule has 0 spiro atoms. The molecule has 2 aliphatic heterocycles. The molecule has 6 nitrogen and oxygen atoms in total. The van der Waals surface area contributed by atoms with Crippen LogP contribution in [0.15, 0.2) is 59.8 Å². The van der Waals surface area contributed by atoms with Crippen LogP contribution in [-0.4, -0.2) is 30.5 Å². The topological polar surface area (TPSA) is 70.7 Å². The van der Waals surface area contributed by atoms with Crippen molar-refractivity contribution in [2.24, 2.45) is 0 Å². The second-order valence-corrected chi connectivity index (χ2v) is 6.92. The van der Waals surface area contributed by atoms with E-state index in [9.17, 15) is 9.59 Å². The smallest absolute Gasteiger partial charge is 0.319 e. The van der Waals surface area contributed by atoms with Crippen molar-refractivity contribution in [2.45, 2.75) is 12.6 Å². The van der Waals surface area contributed by atoms with Crippen molar-refractivity contribution in [2.75, 3.05) is 13.7 Å². The fraction of sp³-hybridized carbons (Fsp3) is 0.200. The van der Waals surface area contributed by atoms with Gasteiger partial charge in [0.15, 0.2) is 0 Å². The molecule has 2 N–H and O–H groups in total. The minimum atomic E-state index is -0.487. The number of hydrogen-bond donors (Lipinski definition) is 2. The fourth-order valence-corrected chi connectivity index (χ4v) is 3.54. The first kappa shape index (κ1) is 17.4. The van der Waals surface area contributed by atoms with Crippen LogP contribution in [0.3, 0.4) is 0 Å². The number of benzene rings is 2. The maximum absolute atomic E-state index is 13.1. The highest BCUT2D eigenvalue weighted by molar-refractivity contribution is 6.30. The molecule has 0 fully saturated rings. The van der Waals surface area contributed by atoms with E-state index in [1.807, 2.05) is 36.4 Å². The van der Waals surface area contributed by atoms with E-state index in [2.05, 4.69) is 10.6 Å². The summed E-state index contributed by atoms with van der Waals surface area (Å²) in [6, 6.07) is 13.9. The van der Waals surface area contributed by atoms with E-state index in [1.54, 1.807) is 24.1 Å². The van der Waals surface area contributed by atoms with Crippen LogP contribution < -0.4 is 15.4 Å². The summed E-state index contributed by atoms with van der Waals surface area (Å²) in [5.41, 5.74) is 3.04. The number of ether oxygens (including phenoxy) is 1. The number of halogens is 1. The molecule has 27 heavy (non-hydrogen) atoms. The predicted octanol–water partition coefficient (Wildman–Crippen LogP) is 3.00. The first-order chi connectivity index (χ1) is 13.0. The van der Waals surface area contributed by atoms with Gasteiger partial charge in [0.25, 0.3) is 5.91 Å². The molecule has 0 radical (unpaired) electrons. The van der Waals surface area contributed by atoms with Gasteiger partial charge in [-0.1, -0.05) is 35.9 Å². The maximum Gasteiger partial charge on any atom is 0.319 e. The number of rotatable bonds is 4. The van der Waals surface area contributed by atoms with Gasteiger partial charge >= 0.3 is 6.03 Å². The van der Waals surface area contributed by atoms with Gasteiger partial charge < -0.3 is 20.3 Å². The zero-order valence-electron chi connectivity index (χ0n) is 14.7. The SMILES string of the molecule is COc1ccc(CN2CC3=C(C2=O)C(c2ccc(Cl)cc2)NC(=O)N3)cc1. The van der Waals surface area contributed by atoms with Crippen molar-refractivity contribution in [3.63, 3.8) is 0 Å². The Labute approximate surface area is 161 Å². The van der Waals surface area contributed by atoms with Crippen molar-refractivity contribution in [3.05, 3.63) is 76.0 Å². The summed E-state index contributed by atoms with van der Waals surface area (Å²) in [6.45, 7) is 0.830. The molecule has 3 amide bonds. The highest BCUT2D eigenvalue weighted by Gasteiger charge is 2.40. The van der Waals surface area contributed by atoms with Crippen LogP contribution in [0.2, 0.25) is 5.02 Å². The number of carbonyl (C=O) groups is 2. The van der Waals surface area contributed by atoms with E-state index in [-0.39, 0.29) is 11.9 Å². The lowest BCUT2D eigenvalue weighted by molar-refractivity contribution is -0.126. The first-order valence-electron chi connectivity index (χ1n) is 8.53. The number of urea groups is 1. The number of methoxy groups -OCH3 is 1. The minimum absolute atomic E-state index is 0.0896. The third-order valence-corrected chi connectivity index (χ3v) is 5.01. The third kappa shape index (κ3) is 3.36. The summed E-state index contributed by atoms with van der Waals surface area (Å²) in [5.74, 6) is 0.677. The lowest BCUT2D eigenvalue weighted by atomic mass is 9.96. The summed E-state index contributed by atoms with van der Waals surface area (Å²) in [6.07, 6.45) is 0. The lowest BCUT2D eigenvalue weighted by Crippen LogP contribution is -2.44. The number of amides is 3.